The molecule has 0 spiro atoms. The Bertz CT molecular complexity index is 830. The van der Waals surface area contributed by atoms with E-state index in [1.807, 2.05) is 31.2 Å². The van der Waals surface area contributed by atoms with Gasteiger partial charge in [-0.15, -0.1) is 0 Å². The van der Waals surface area contributed by atoms with Gasteiger partial charge in [0.2, 0.25) is 17.7 Å². The highest BCUT2D eigenvalue weighted by Gasteiger charge is 2.56. The summed E-state index contributed by atoms with van der Waals surface area (Å²) in [7, 11) is 2.76. The molecule has 0 aromatic heterocycles. The molecule has 0 N–H and O–H groups in total. The zero-order valence-electron chi connectivity index (χ0n) is 17.3. The van der Waals surface area contributed by atoms with E-state index in [2.05, 4.69) is 4.74 Å². The molecule has 1 saturated heterocycles. The van der Waals surface area contributed by atoms with E-state index in [1.165, 1.54) is 24.0 Å². The molecular formula is C22H28N2O5. The van der Waals surface area contributed by atoms with Crippen LogP contribution in [0.15, 0.2) is 24.3 Å². The summed E-state index contributed by atoms with van der Waals surface area (Å²) < 4.78 is 4.63. The van der Waals surface area contributed by atoms with Gasteiger partial charge < -0.3 is 9.64 Å². The summed E-state index contributed by atoms with van der Waals surface area (Å²) in [6.07, 6.45) is 3.46. The van der Waals surface area contributed by atoms with Gasteiger partial charge in [0.25, 0.3) is 0 Å². The molecule has 1 aromatic rings. The molecule has 0 bridgehead atoms. The van der Waals surface area contributed by atoms with Gasteiger partial charge in [-0.3, -0.25) is 24.1 Å². The maximum absolute atomic E-state index is 13.7. The van der Waals surface area contributed by atoms with E-state index in [0.717, 1.165) is 31.2 Å². The predicted molar refractivity (Wildman–Crippen MR) is 106 cm³/mol. The molecule has 2 aliphatic rings. The topological polar surface area (TPSA) is 84.0 Å². The van der Waals surface area contributed by atoms with Crippen LogP contribution in [0.1, 0.15) is 49.7 Å². The standard InChI is InChI=1S/C22H28N2O5/c1-15-8-4-7-11-17(15)22(12-18(25)23(2)14-20(27)29-3)13-19(26)24(21(22)28)16-9-5-6-10-16/h4,7-8,11,16H,5-6,9-10,12-14H2,1-3H3/t22-/m1/s1. The van der Waals surface area contributed by atoms with Crippen molar-refractivity contribution in [2.24, 2.45) is 0 Å². The summed E-state index contributed by atoms with van der Waals surface area (Å²) in [4.78, 5) is 53.8. The molecule has 3 rings (SSSR count). The number of amides is 3. The average Bonchev–Trinajstić information content (AvgIpc) is 3.29. The molecule has 7 heteroatoms. The number of hydrogen-bond acceptors (Lipinski definition) is 5. The van der Waals surface area contributed by atoms with Crippen LogP contribution in [-0.4, -0.2) is 60.2 Å². The first-order chi connectivity index (χ1) is 13.8. The fraction of sp³-hybridized carbons (Fsp3) is 0.545. The predicted octanol–water partition coefficient (Wildman–Crippen LogP) is 1.96. The Labute approximate surface area is 171 Å². The van der Waals surface area contributed by atoms with E-state index in [0.29, 0.717) is 5.56 Å². The minimum Gasteiger partial charge on any atom is -0.468 e. The second-order valence-corrected chi connectivity index (χ2v) is 8.08. The third-order valence-electron chi connectivity index (χ3n) is 6.17. The lowest BCUT2D eigenvalue weighted by Crippen LogP contribution is -2.46. The van der Waals surface area contributed by atoms with Crippen LogP contribution in [0.3, 0.4) is 0 Å². The second-order valence-electron chi connectivity index (χ2n) is 8.08. The highest BCUT2D eigenvalue weighted by Crippen LogP contribution is 2.44. The van der Waals surface area contributed by atoms with Crippen LogP contribution in [0.4, 0.5) is 0 Å². The summed E-state index contributed by atoms with van der Waals surface area (Å²) in [5, 5.41) is 0. The van der Waals surface area contributed by atoms with Crippen molar-refractivity contribution in [2.45, 2.75) is 56.9 Å². The number of carbonyl (C=O) groups excluding carboxylic acids is 4. The van der Waals surface area contributed by atoms with Gasteiger partial charge in [-0.05, 0) is 30.9 Å². The van der Waals surface area contributed by atoms with Gasteiger partial charge in [0, 0.05) is 25.9 Å². The number of carbonyl (C=O) groups is 4. The van der Waals surface area contributed by atoms with Crippen LogP contribution in [0.2, 0.25) is 0 Å². The monoisotopic (exact) mass is 400 g/mol. The fourth-order valence-electron chi connectivity index (χ4n) is 4.59. The number of rotatable bonds is 6. The number of methoxy groups -OCH3 is 1. The number of esters is 1. The fourth-order valence-corrected chi connectivity index (χ4v) is 4.59. The molecule has 29 heavy (non-hydrogen) atoms. The van der Waals surface area contributed by atoms with Crippen LogP contribution in [0, 0.1) is 6.92 Å². The molecule has 1 atom stereocenters. The molecule has 7 nitrogen and oxygen atoms in total. The summed E-state index contributed by atoms with van der Waals surface area (Å²) >= 11 is 0. The molecule has 1 heterocycles. The first-order valence-corrected chi connectivity index (χ1v) is 10.0. The van der Waals surface area contributed by atoms with Crippen molar-refractivity contribution < 1.29 is 23.9 Å². The number of ether oxygens (including phenoxy) is 1. The molecule has 3 amide bonds. The van der Waals surface area contributed by atoms with Crippen molar-refractivity contribution >= 4 is 23.7 Å². The number of benzene rings is 1. The zero-order valence-corrected chi connectivity index (χ0v) is 17.3. The number of imide groups is 1. The summed E-state index contributed by atoms with van der Waals surface area (Å²) in [5.74, 6) is -1.41. The maximum Gasteiger partial charge on any atom is 0.325 e. The maximum atomic E-state index is 13.7. The van der Waals surface area contributed by atoms with Crippen molar-refractivity contribution in [3.05, 3.63) is 35.4 Å². The minimum atomic E-state index is -1.23. The SMILES string of the molecule is COC(=O)CN(C)C(=O)C[C@]1(c2ccccc2C)CC(=O)N(C2CCCC2)C1=O. The number of aryl methyl sites for hydroxylation is 1. The van der Waals surface area contributed by atoms with E-state index in [9.17, 15) is 19.2 Å². The second kappa shape index (κ2) is 8.35. The van der Waals surface area contributed by atoms with Gasteiger partial charge >= 0.3 is 5.97 Å². The van der Waals surface area contributed by atoms with Crippen LogP contribution < -0.4 is 0 Å². The molecule has 2 fully saturated rings. The van der Waals surface area contributed by atoms with Crippen molar-refractivity contribution in [3.63, 3.8) is 0 Å². The van der Waals surface area contributed by atoms with Gasteiger partial charge in [0.05, 0.1) is 12.5 Å². The third-order valence-corrected chi connectivity index (χ3v) is 6.17. The first kappa shape index (κ1) is 21.0. The van der Waals surface area contributed by atoms with Gasteiger partial charge in [-0.1, -0.05) is 37.1 Å². The summed E-state index contributed by atoms with van der Waals surface area (Å²) in [6.45, 7) is 1.68. The highest BCUT2D eigenvalue weighted by molar-refractivity contribution is 6.11. The Morgan fingerprint density at radius 2 is 1.86 bits per heavy atom. The first-order valence-electron chi connectivity index (χ1n) is 10.0. The number of nitrogens with zero attached hydrogens (tertiary/aromatic N) is 2. The Morgan fingerprint density at radius 3 is 2.48 bits per heavy atom. The molecule has 1 aromatic carbocycles. The van der Waals surface area contributed by atoms with Crippen LogP contribution in [0.5, 0.6) is 0 Å². The lowest BCUT2D eigenvalue weighted by Gasteiger charge is -2.31. The number of likely N-dealkylation sites (tertiary alicyclic amines) is 1. The number of likely N-dealkylation sites (N-methyl/N-ethyl adjacent to an activating group) is 1. The average molecular weight is 400 g/mol. The molecule has 1 aliphatic carbocycles. The van der Waals surface area contributed by atoms with Gasteiger partial charge in [-0.25, -0.2) is 0 Å². The van der Waals surface area contributed by atoms with Crippen LogP contribution >= 0.6 is 0 Å². The quantitative estimate of drug-likeness (QED) is 0.538. The van der Waals surface area contributed by atoms with Crippen molar-refractivity contribution in [1.29, 1.82) is 0 Å². The van der Waals surface area contributed by atoms with E-state index in [1.54, 1.807) is 0 Å². The van der Waals surface area contributed by atoms with Gasteiger partial charge in [0.15, 0.2) is 0 Å². The van der Waals surface area contributed by atoms with E-state index in [-0.39, 0.29) is 43.1 Å². The lowest BCUT2D eigenvalue weighted by atomic mass is 9.74. The lowest BCUT2D eigenvalue weighted by molar-refractivity contribution is -0.147. The largest absolute Gasteiger partial charge is 0.468 e. The molecule has 1 saturated carbocycles. The van der Waals surface area contributed by atoms with Gasteiger partial charge in [-0.2, -0.15) is 0 Å². The van der Waals surface area contributed by atoms with E-state index >= 15 is 0 Å². The Morgan fingerprint density at radius 1 is 1.21 bits per heavy atom. The third kappa shape index (κ3) is 3.91. The highest BCUT2D eigenvalue weighted by atomic mass is 16.5. The van der Waals surface area contributed by atoms with Gasteiger partial charge in [0.1, 0.15) is 6.54 Å². The van der Waals surface area contributed by atoms with E-state index in [4.69, 9.17) is 0 Å². The Hall–Kier alpha value is -2.70. The minimum absolute atomic E-state index is 0.0228. The zero-order chi connectivity index (χ0) is 21.2. The normalized spacial score (nSPS) is 22.2. The Kier molecular flexibility index (Phi) is 6.05. The summed E-state index contributed by atoms with van der Waals surface area (Å²) in [6, 6.07) is 7.32. The van der Waals surface area contributed by atoms with Crippen LogP contribution in [0.25, 0.3) is 0 Å². The molecular weight excluding hydrogens is 372 g/mol. The smallest absolute Gasteiger partial charge is 0.325 e. The molecule has 156 valence electrons. The van der Waals surface area contributed by atoms with Crippen molar-refractivity contribution in [2.75, 3.05) is 20.7 Å². The summed E-state index contributed by atoms with van der Waals surface area (Å²) in [5.41, 5.74) is 0.343. The molecule has 0 radical (unpaired) electrons. The Balaban J connectivity index is 1.97. The van der Waals surface area contributed by atoms with E-state index < -0.39 is 11.4 Å². The number of hydrogen-bond donors (Lipinski definition) is 0. The molecule has 0 unspecified atom stereocenters. The van der Waals surface area contributed by atoms with Crippen LogP contribution in [-0.2, 0) is 29.3 Å². The van der Waals surface area contributed by atoms with Crippen molar-refractivity contribution in [1.82, 2.24) is 9.80 Å². The van der Waals surface area contributed by atoms with Crippen molar-refractivity contribution in [3.8, 4) is 0 Å². The molecule has 1 aliphatic heterocycles.